The number of nitrogens with one attached hydrogen (secondary N) is 1. The number of aromatic nitrogens is 3. The lowest BCUT2D eigenvalue weighted by Gasteiger charge is -2.54. The Balaban J connectivity index is 1.70. The topological polar surface area (TPSA) is 103 Å². The molecule has 2 amide bonds. The first-order chi connectivity index (χ1) is 14.7. The Kier molecular flexibility index (Phi) is 4.69. The molecular formula is C21H23F4N5O2. The lowest BCUT2D eigenvalue weighted by Crippen LogP contribution is -2.59. The number of nitrogens with two attached hydrogens (primary N) is 1. The first-order valence-corrected chi connectivity index (χ1v) is 10.1. The van der Waals surface area contributed by atoms with E-state index >= 15 is 0 Å². The summed E-state index contributed by atoms with van der Waals surface area (Å²) in [5.74, 6) is -7.70. The predicted octanol–water partition coefficient (Wildman–Crippen LogP) is 3.87. The second-order valence-corrected chi connectivity index (χ2v) is 9.14. The molecule has 2 fully saturated rings. The molecule has 0 radical (unpaired) electrons. The van der Waals surface area contributed by atoms with Crippen molar-refractivity contribution in [3.63, 3.8) is 0 Å². The molecular weight excluding hydrogens is 430 g/mol. The number of rotatable bonds is 6. The van der Waals surface area contributed by atoms with Gasteiger partial charge >= 0.3 is 0 Å². The summed E-state index contributed by atoms with van der Waals surface area (Å²) in [6, 6.07) is 2.65. The highest BCUT2D eigenvalue weighted by Crippen LogP contribution is 2.78. The van der Waals surface area contributed by atoms with Crippen LogP contribution in [-0.4, -0.2) is 32.5 Å². The molecule has 1 atom stereocenters. The van der Waals surface area contributed by atoms with Gasteiger partial charge in [0, 0.05) is 48.2 Å². The molecule has 11 heteroatoms. The van der Waals surface area contributed by atoms with Crippen LogP contribution < -0.4 is 11.1 Å². The van der Waals surface area contributed by atoms with Gasteiger partial charge in [0.1, 0.15) is 17.1 Å². The molecule has 0 bridgehead atoms. The highest BCUT2D eigenvalue weighted by Gasteiger charge is 2.79. The minimum Gasteiger partial charge on any atom is -0.364 e. The van der Waals surface area contributed by atoms with Crippen molar-refractivity contribution >= 4 is 17.5 Å². The van der Waals surface area contributed by atoms with E-state index in [0.717, 1.165) is 4.68 Å². The van der Waals surface area contributed by atoms with Crippen molar-refractivity contribution in [3.05, 3.63) is 41.0 Å². The van der Waals surface area contributed by atoms with Gasteiger partial charge in [0.25, 0.3) is 23.7 Å². The van der Waals surface area contributed by atoms with E-state index in [-0.39, 0.29) is 29.2 Å². The van der Waals surface area contributed by atoms with Crippen LogP contribution in [0.2, 0.25) is 0 Å². The molecule has 4 rings (SSSR count). The Morgan fingerprint density at radius 3 is 2.50 bits per heavy atom. The lowest BCUT2D eigenvalue weighted by molar-refractivity contribution is -0.243. The fourth-order valence-corrected chi connectivity index (χ4v) is 5.00. The van der Waals surface area contributed by atoms with Gasteiger partial charge in [-0.15, -0.1) is 0 Å². The Morgan fingerprint density at radius 2 is 1.97 bits per heavy atom. The molecule has 1 spiro atoms. The van der Waals surface area contributed by atoms with Gasteiger partial charge in [0.15, 0.2) is 0 Å². The Morgan fingerprint density at radius 1 is 1.31 bits per heavy atom. The zero-order chi connectivity index (χ0) is 23.7. The second kappa shape index (κ2) is 6.76. The number of pyridine rings is 1. The van der Waals surface area contributed by atoms with Crippen LogP contribution in [0.5, 0.6) is 0 Å². The van der Waals surface area contributed by atoms with Crippen molar-refractivity contribution in [1.82, 2.24) is 14.8 Å². The molecule has 2 aliphatic rings. The quantitative estimate of drug-likeness (QED) is 0.648. The fraction of sp³-hybridized carbons (Fsp3) is 0.524. The highest BCUT2D eigenvalue weighted by atomic mass is 19.3. The smallest absolute Gasteiger partial charge is 0.289 e. The predicted molar refractivity (Wildman–Crippen MR) is 107 cm³/mol. The highest BCUT2D eigenvalue weighted by molar-refractivity contribution is 6.04. The number of carbonyl (C=O) groups is 2. The van der Waals surface area contributed by atoms with Gasteiger partial charge in [-0.3, -0.25) is 19.3 Å². The minimum absolute atomic E-state index is 0.0429. The fourth-order valence-electron chi connectivity index (χ4n) is 5.00. The van der Waals surface area contributed by atoms with E-state index < -0.39 is 46.6 Å². The van der Waals surface area contributed by atoms with E-state index in [1.807, 2.05) is 0 Å². The molecule has 2 saturated carbocycles. The third-order valence-electron chi connectivity index (χ3n) is 6.81. The zero-order valence-corrected chi connectivity index (χ0v) is 17.8. The number of amides is 2. The summed E-state index contributed by atoms with van der Waals surface area (Å²) in [5.41, 5.74) is 2.45. The second-order valence-electron chi connectivity index (χ2n) is 9.14. The molecule has 2 aliphatic carbocycles. The van der Waals surface area contributed by atoms with Gasteiger partial charge in [0.2, 0.25) is 0 Å². The van der Waals surface area contributed by atoms with E-state index in [1.165, 1.54) is 25.3 Å². The summed E-state index contributed by atoms with van der Waals surface area (Å²) in [6.07, 6.45) is 1.56. The summed E-state index contributed by atoms with van der Waals surface area (Å²) in [7, 11) is 0. The maximum Gasteiger partial charge on any atom is 0.289 e. The monoisotopic (exact) mass is 453 g/mol. The van der Waals surface area contributed by atoms with Crippen molar-refractivity contribution in [3.8, 4) is 0 Å². The number of anilines is 1. The minimum atomic E-state index is -3.33. The average molecular weight is 453 g/mol. The number of primary amides is 1. The Labute approximate surface area is 181 Å². The molecule has 0 aromatic carbocycles. The van der Waals surface area contributed by atoms with Crippen LogP contribution in [0.15, 0.2) is 18.3 Å². The van der Waals surface area contributed by atoms with Crippen LogP contribution in [0.1, 0.15) is 65.3 Å². The molecule has 0 saturated heterocycles. The van der Waals surface area contributed by atoms with Gasteiger partial charge < -0.3 is 11.1 Å². The molecule has 0 aliphatic heterocycles. The molecule has 2 aromatic rings. The number of halogens is 4. The number of hydrogen-bond acceptors (Lipinski definition) is 4. The van der Waals surface area contributed by atoms with Gasteiger partial charge in [-0.1, -0.05) is 6.92 Å². The maximum atomic E-state index is 14.2. The lowest BCUT2D eigenvalue weighted by atomic mass is 9.55. The van der Waals surface area contributed by atoms with E-state index in [4.69, 9.17) is 5.73 Å². The molecule has 2 heterocycles. The van der Waals surface area contributed by atoms with E-state index in [1.54, 1.807) is 6.92 Å². The summed E-state index contributed by atoms with van der Waals surface area (Å²) < 4.78 is 57.9. The van der Waals surface area contributed by atoms with Crippen molar-refractivity contribution < 1.29 is 27.2 Å². The number of carbonyl (C=O) groups excluding carboxylic acids is 2. The number of nitrogens with zero attached hydrogens (tertiary/aromatic N) is 3. The van der Waals surface area contributed by atoms with Crippen LogP contribution in [0.25, 0.3) is 0 Å². The molecule has 3 N–H and O–H groups in total. The van der Waals surface area contributed by atoms with Crippen LogP contribution in [0.3, 0.4) is 0 Å². The van der Waals surface area contributed by atoms with Crippen molar-refractivity contribution in [2.24, 2.45) is 16.6 Å². The van der Waals surface area contributed by atoms with Crippen molar-refractivity contribution in [2.45, 2.75) is 58.4 Å². The third kappa shape index (κ3) is 3.25. The Bertz CT molecular complexity index is 1120. The third-order valence-corrected chi connectivity index (χ3v) is 6.81. The summed E-state index contributed by atoms with van der Waals surface area (Å²) >= 11 is 0. The van der Waals surface area contributed by atoms with Crippen LogP contribution >= 0.6 is 0 Å². The summed E-state index contributed by atoms with van der Waals surface area (Å²) in [5, 5.41) is 6.51. The largest absolute Gasteiger partial charge is 0.364 e. The van der Waals surface area contributed by atoms with Crippen molar-refractivity contribution in [2.75, 3.05) is 5.32 Å². The van der Waals surface area contributed by atoms with Crippen molar-refractivity contribution in [1.29, 1.82) is 0 Å². The van der Waals surface area contributed by atoms with Gasteiger partial charge in [-0.2, -0.15) is 13.9 Å². The SMILES string of the molecule is Cc1c(C(C)(F)F)nn(CC2(C)CC(F)(F)C23CC3)c1C(=O)Nc1ccnc(C(N)=O)c1. The van der Waals surface area contributed by atoms with E-state index in [2.05, 4.69) is 15.4 Å². The molecule has 1 unspecified atom stereocenters. The van der Waals surface area contributed by atoms with Crippen LogP contribution in [0, 0.1) is 17.8 Å². The average Bonchev–Trinajstić information content (AvgIpc) is 3.44. The van der Waals surface area contributed by atoms with Gasteiger partial charge in [-0.25, -0.2) is 8.78 Å². The number of hydrogen-bond donors (Lipinski definition) is 2. The first-order valence-electron chi connectivity index (χ1n) is 10.1. The summed E-state index contributed by atoms with van der Waals surface area (Å²) in [6.45, 7) is 3.60. The number of alkyl halides is 4. The van der Waals surface area contributed by atoms with Crippen LogP contribution in [-0.2, 0) is 12.5 Å². The molecule has 32 heavy (non-hydrogen) atoms. The van der Waals surface area contributed by atoms with Gasteiger partial charge in [-0.05, 0) is 31.9 Å². The maximum absolute atomic E-state index is 14.2. The standard InChI is InChI=1S/C21H23F4N5O2/c1-11-14(17(32)28-12-4-7-27-13(8-12)16(26)31)30(29-15(11)19(3,22)23)10-18(2)9-21(24,25)20(18)5-6-20/h4,7-8H,5-6,9-10H2,1-3H3,(H2,26,31)(H,27,28,32). The first kappa shape index (κ1) is 22.2. The molecule has 2 aromatic heterocycles. The van der Waals surface area contributed by atoms with E-state index in [0.29, 0.717) is 19.8 Å². The van der Waals surface area contributed by atoms with Gasteiger partial charge in [0.05, 0.1) is 0 Å². The molecule has 172 valence electrons. The summed E-state index contributed by atoms with van der Waals surface area (Å²) in [4.78, 5) is 28.2. The van der Waals surface area contributed by atoms with Crippen LogP contribution in [0.4, 0.5) is 23.2 Å². The zero-order valence-electron chi connectivity index (χ0n) is 17.8. The Hall–Kier alpha value is -2.98. The normalized spacial score (nSPS) is 23.0. The molecule has 7 nitrogen and oxygen atoms in total. The van der Waals surface area contributed by atoms with E-state index in [9.17, 15) is 27.2 Å².